The van der Waals surface area contributed by atoms with Crippen LogP contribution in [0.1, 0.15) is 0 Å². The van der Waals surface area contributed by atoms with Crippen LogP contribution in [0.2, 0.25) is 0 Å². The molecular weight excluding hydrogens is 1840 g/mol. The van der Waals surface area contributed by atoms with Crippen LogP contribution in [0.5, 0.6) is 23.0 Å². The number of nitrogens with zero attached hydrogens (tertiary/aromatic N) is 16. The Morgan fingerprint density at radius 2 is 0.459 bits per heavy atom. The van der Waals surface area contributed by atoms with Crippen LogP contribution in [0.25, 0.3) is 235 Å². The van der Waals surface area contributed by atoms with Crippen molar-refractivity contribution in [2.75, 3.05) is 0 Å². The van der Waals surface area contributed by atoms with Crippen LogP contribution in [0.15, 0.2) is 502 Å². The first-order valence-electron chi connectivity index (χ1n) is 48.2. The van der Waals surface area contributed by atoms with E-state index in [4.69, 9.17) is 93.6 Å². The van der Waals surface area contributed by atoms with Gasteiger partial charge in [0.25, 0.3) is 0 Å². The quantitative estimate of drug-likeness (QED) is 0.0650. The predicted molar refractivity (Wildman–Crippen MR) is 590 cm³/mol. The highest BCUT2D eigenvalue weighted by Crippen LogP contribution is 2.46. The first-order chi connectivity index (χ1) is 73.3. The molecule has 148 heavy (non-hydrogen) atoms. The molecule has 26 aromatic rings. The van der Waals surface area contributed by atoms with Crippen LogP contribution in [0.4, 0.5) is 0 Å². The van der Waals surface area contributed by atoms with Crippen LogP contribution in [-0.4, -0.2) is 79.7 Å². The van der Waals surface area contributed by atoms with E-state index in [1.807, 2.05) is 431 Å². The zero-order chi connectivity index (χ0) is 98.7. The molecule has 0 N–H and O–H groups in total. The second-order valence-electron chi connectivity index (χ2n) is 34.6. The number of benzene rings is 18. The summed E-state index contributed by atoms with van der Waals surface area (Å²) in [4.78, 5) is 79.0. The number of ether oxygens (including phenoxy) is 2. The van der Waals surface area contributed by atoms with Gasteiger partial charge in [-0.05, 0) is 78.9 Å². The highest BCUT2D eigenvalue weighted by molar-refractivity contribution is 7.26. The van der Waals surface area contributed by atoms with E-state index in [1.165, 1.54) is 0 Å². The van der Waals surface area contributed by atoms with E-state index < -0.39 is 0 Å². The van der Waals surface area contributed by atoms with Gasteiger partial charge in [-0.25, -0.2) is 79.7 Å². The Morgan fingerprint density at radius 3 is 0.831 bits per heavy atom. The van der Waals surface area contributed by atoms with Crippen LogP contribution >= 0.6 is 11.3 Å². The van der Waals surface area contributed by atoms with Gasteiger partial charge in [0.1, 0.15) is 39.8 Å². The van der Waals surface area contributed by atoms with E-state index in [1.54, 1.807) is 11.3 Å². The number of furan rings is 1. The molecule has 0 saturated heterocycles. The normalized spacial score (nSPS) is 11.1. The molecule has 0 fully saturated rings. The molecule has 0 spiro atoms. The summed E-state index contributed by atoms with van der Waals surface area (Å²) in [5.41, 5.74) is 20.1. The van der Waals surface area contributed by atoms with Gasteiger partial charge in [-0.3, -0.25) is 0 Å². The molecule has 19 nitrogen and oxygen atoms in total. The highest BCUT2D eigenvalue weighted by Gasteiger charge is 2.26. The van der Waals surface area contributed by atoms with Gasteiger partial charge < -0.3 is 13.9 Å². The number of fused-ring (bicyclic) bond motifs is 6. The van der Waals surface area contributed by atoms with Gasteiger partial charge in [0.15, 0.2) is 87.1 Å². The van der Waals surface area contributed by atoms with Crippen molar-refractivity contribution in [1.82, 2.24) is 79.7 Å². The van der Waals surface area contributed by atoms with Crippen LogP contribution in [0.3, 0.4) is 0 Å². The Hall–Kier alpha value is -20.2. The lowest BCUT2D eigenvalue weighted by atomic mass is 10.0. The Balaban J connectivity index is 0.000000119. The predicted octanol–water partition coefficient (Wildman–Crippen LogP) is 31.6. The third kappa shape index (κ3) is 19.6. The number of hydrogen-bond acceptors (Lipinski definition) is 20. The average molecular weight is 1920 g/mol. The molecule has 20 heteroatoms. The van der Waals surface area contributed by atoms with E-state index in [-0.39, 0.29) is 0 Å². The summed E-state index contributed by atoms with van der Waals surface area (Å²) in [5.74, 6) is 10.8. The van der Waals surface area contributed by atoms with Crippen molar-refractivity contribution < 1.29 is 13.9 Å². The first-order valence-corrected chi connectivity index (χ1v) is 49.1. The second-order valence-corrected chi connectivity index (χ2v) is 35.7. The minimum atomic E-state index is 0.511. The van der Waals surface area contributed by atoms with Crippen molar-refractivity contribution in [3.8, 4) is 216 Å². The van der Waals surface area contributed by atoms with Crippen molar-refractivity contribution in [2.24, 2.45) is 0 Å². The summed E-state index contributed by atoms with van der Waals surface area (Å²) in [7, 11) is 0. The molecule has 18 aromatic carbocycles. The van der Waals surface area contributed by atoms with Crippen LogP contribution in [0, 0.1) is 0 Å². The van der Waals surface area contributed by atoms with Gasteiger partial charge in [0.2, 0.25) is 0 Å². The lowest BCUT2D eigenvalue weighted by Gasteiger charge is -2.14. The van der Waals surface area contributed by atoms with Crippen LogP contribution < -0.4 is 9.47 Å². The van der Waals surface area contributed by atoms with E-state index in [0.717, 1.165) is 148 Å². The molecule has 0 amide bonds. The minimum absolute atomic E-state index is 0.511. The Morgan fingerprint density at radius 1 is 0.176 bits per heavy atom. The number of rotatable bonds is 21. The minimum Gasteiger partial charge on any atom is -0.457 e. The Bertz CT molecular complexity index is 8640. The lowest BCUT2D eigenvalue weighted by molar-refractivity contribution is 0.484. The molecule has 0 aliphatic carbocycles. The molecule has 0 radical (unpaired) electrons. The van der Waals surface area contributed by atoms with E-state index in [2.05, 4.69) is 66.7 Å². The summed E-state index contributed by atoms with van der Waals surface area (Å²) in [6.07, 6.45) is 0. The molecular formula is C128H82N16O3S. The lowest BCUT2D eigenvalue weighted by Crippen LogP contribution is -2.01. The SMILES string of the molecule is c1ccc(-c2cc(-c3ccccc3)nc(-c3ccccc3Oc3cccc(-c4nc(-c5ccccc5)nc(-c5ccccc5)n4)c3)n2)cc1.c1ccc(-c2nc(-c3ccccc3)nc(-c3cccc(Oc4ccccc4-c4nc(-c5ccccc5)nc(-c5ccccc5)n4)c3)n2)cc1.c1ccc(-c2nc(-c3ccccc3)nc(-c3cccc4sc5cc(-c6nc(-c7ccccc7)nc7c6oc6ccccc67)ccc5c34)n2)cc1. The third-order valence-electron chi connectivity index (χ3n) is 24.8. The number of hydrogen-bond donors (Lipinski definition) is 0. The molecule has 8 aromatic heterocycles. The Labute approximate surface area is 855 Å². The van der Waals surface area contributed by atoms with Gasteiger partial charge in [-0.15, -0.1) is 11.3 Å². The zero-order valence-corrected chi connectivity index (χ0v) is 79.9. The summed E-state index contributed by atoms with van der Waals surface area (Å²) < 4.78 is 21.9. The number of aromatic nitrogens is 16. The summed E-state index contributed by atoms with van der Waals surface area (Å²) in [6, 6.07) is 164. The van der Waals surface area contributed by atoms with Gasteiger partial charge in [0, 0.05) is 109 Å². The fourth-order valence-electron chi connectivity index (χ4n) is 17.6. The smallest absolute Gasteiger partial charge is 0.180 e. The maximum Gasteiger partial charge on any atom is 0.180 e. The first kappa shape index (κ1) is 90.3. The van der Waals surface area contributed by atoms with Crippen molar-refractivity contribution in [3.05, 3.63) is 497 Å². The average Bonchev–Trinajstić information content (AvgIpc) is 1.58. The van der Waals surface area contributed by atoms with E-state index in [9.17, 15) is 0 Å². The number of para-hydroxylation sites is 3. The zero-order valence-electron chi connectivity index (χ0n) is 79.1. The second kappa shape index (κ2) is 41.5. The molecule has 0 aliphatic heterocycles. The maximum absolute atomic E-state index is 6.60. The largest absolute Gasteiger partial charge is 0.457 e. The fourth-order valence-corrected chi connectivity index (χ4v) is 18.8. The molecule has 0 aliphatic rings. The van der Waals surface area contributed by atoms with Gasteiger partial charge in [-0.1, -0.05) is 419 Å². The Kier molecular flexibility index (Phi) is 25.3. The van der Waals surface area contributed by atoms with Gasteiger partial charge in [-0.2, -0.15) is 0 Å². The summed E-state index contributed by atoms with van der Waals surface area (Å²) >= 11 is 1.75. The van der Waals surface area contributed by atoms with Crippen molar-refractivity contribution >= 4 is 53.6 Å². The monoisotopic (exact) mass is 1920 g/mol. The topological polar surface area (TPSA) is 238 Å². The van der Waals surface area contributed by atoms with E-state index >= 15 is 0 Å². The summed E-state index contributed by atoms with van der Waals surface area (Å²) in [6.45, 7) is 0. The molecule has 0 bridgehead atoms. The molecule has 0 saturated carbocycles. The van der Waals surface area contributed by atoms with Gasteiger partial charge in [0.05, 0.1) is 22.5 Å². The van der Waals surface area contributed by atoms with Crippen molar-refractivity contribution in [3.63, 3.8) is 0 Å². The molecule has 0 unspecified atom stereocenters. The van der Waals surface area contributed by atoms with Crippen molar-refractivity contribution in [2.45, 2.75) is 0 Å². The third-order valence-corrected chi connectivity index (χ3v) is 25.9. The molecule has 8 heterocycles. The fraction of sp³-hybridized carbons (Fsp3) is 0. The van der Waals surface area contributed by atoms with E-state index in [0.29, 0.717) is 110 Å². The maximum atomic E-state index is 6.60. The molecule has 26 rings (SSSR count). The standard InChI is InChI=1S/C43H25N5OS.C43H29N5O.C42H28N6O/c1-4-13-26(14-5-1)40-44-37(39-38(45-40)30-19-10-11-21-33(30)49-39)29-23-24-31-35(25-29)50-34-22-12-20-32(36(31)34)43-47-41(27-15-6-2-7-16-27)46-42(48-43)28-17-8-3-9-18-28;1-5-16-30(17-6-1)37-29-38(31-18-7-2-8-19-31)45-43(44-37)36-26-13-14-27-39(36)49-35-25-15-24-34(28-35)42-47-40(32-20-9-3-10-21-32)46-41(48-42)33-22-11-4-12-23-33;1-5-16-29(17-6-1)37-43-38(30-18-7-2-8-19-30)46-41(45-37)33-24-15-25-34(28-33)49-36-27-14-13-26-35(36)42-47-39(31-20-9-3-10-21-31)44-40(48-42)32-22-11-4-12-23-32/h1-25H;1-29H;1-28H. The molecule has 698 valence electrons. The van der Waals surface area contributed by atoms with Crippen LogP contribution in [-0.2, 0) is 0 Å². The van der Waals surface area contributed by atoms with Crippen molar-refractivity contribution in [1.29, 1.82) is 0 Å². The molecule has 0 atom stereocenters. The summed E-state index contributed by atoms with van der Waals surface area (Å²) in [5, 5.41) is 3.22. The van der Waals surface area contributed by atoms with Gasteiger partial charge >= 0.3 is 0 Å². The highest BCUT2D eigenvalue weighted by atomic mass is 32.1. The number of thiophene rings is 1.